The average Bonchev–Trinajstić information content (AvgIpc) is 2.16. The summed E-state index contributed by atoms with van der Waals surface area (Å²) in [5.41, 5.74) is 0.876. The third-order valence-corrected chi connectivity index (χ3v) is 2.28. The van der Waals surface area contributed by atoms with Gasteiger partial charge >= 0.3 is 0 Å². The number of alkyl halides is 1. The van der Waals surface area contributed by atoms with Crippen molar-refractivity contribution in [3.63, 3.8) is 0 Å². The van der Waals surface area contributed by atoms with Crippen LogP contribution in [-0.4, -0.2) is 16.8 Å². The van der Waals surface area contributed by atoms with E-state index >= 15 is 0 Å². The molecule has 0 bridgehead atoms. The fraction of sp³-hybridized carbons (Fsp3) is 0.400. The van der Waals surface area contributed by atoms with Gasteiger partial charge in [-0.2, -0.15) is 0 Å². The van der Waals surface area contributed by atoms with E-state index in [0.29, 0.717) is 11.7 Å². The molecule has 0 fully saturated rings. The summed E-state index contributed by atoms with van der Waals surface area (Å²) < 4.78 is 0. The van der Waals surface area contributed by atoms with Crippen molar-refractivity contribution in [2.24, 2.45) is 5.92 Å². The van der Waals surface area contributed by atoms with Crippen LogP contribution in [-0.2, 0) is 4.79 Å². The molecule has 0 aromatic carbocycles. The number of halogens is 1. The molecule has 1 amide bonds. The number of rotatable bonds is 3. The zero-order valence-corrected chi connectivity index (χ0v) is 9.01. The van der Waals surface area contributed by atoms with Crippen molar-refractivity contribution in [2.45, 2.75) is 13.8 Å². The third kappa shape index (κ3) is 3.00. The predicted octanol–water partition coefficient (Wildman–Crippen LogP) is 2.20. The number of carbonyl (C=O) groups is 1. The molecule has 0 aliphatic carbocycles. The lowest BCUT2D eigenvalue weighted by molar-refractivity contribution is -0.118. The van der Waals surface area contributed by atoms with Gasteiger partial charge in [-0.15, -0.1) is 11.6 Å². The van der Waals surface area contributed by atoms with Gasteiger partial charge in [0.25, 0.3) is 0 Å². The smallest absolute Gasteiger partial charge is 0.229 e. The molecule has 1 aromatic heterocycles. The zero-order valence-electron chi connectivity index (χ0n) is 8.25. The van der Waals surface area contributed by atoms with Gasteiger partial charge in [-0.1, -0.05) is 13.0 Å². The van der Waals surface area contributed by atoms with Crippen LogP contribution in [0.5, 0.6) is 0 Å². The molecule has 1 aromatic rings. The maximum atomic E-state index is 11.4. The van der Waals surface area contributed by atoms with Crippen molar-refractivity contribution in [1.29, 1.82) is 0 Å². The van der Waals surface area contributed by atoms with E-state index in [4.69, 9.17) is 11.6 Å². The minimum atomic E-state index is -0.195. The van der Waals surface area contributed by atoms with Crippen LogP contribution in [0.25, 0.3) is 0 Å². The number of amides is 1. The van der Waals surface area contributed by atoms with Crippen LogP contribution in [0, 0.1) is 12.8 Å². The Morgan fingerprint density at radius 1 is 1.64 bits per heavy atom. The molecule has 0 saturated heterocycles. The highest BCUT2D eigenvalue weighted by molar-refractivity contribution is 6.19. The van der Waals surface area contributed by atoms with E-state index in [9.17, 15) is 4.79 Å². The summed E-state index contributed by atoms with van der Waals surface area (Å²) in [6.07, 6.45) is 0. The normalized spacial score (nSPS) is 12.2. The molecule has 4 heteroatoms. The Hall–Kier alpha value is -1.09. The zero-order chi connectivity index (χ0) is 10.6. The highest BCUT2D eigenvalue weighted by atomic mass is 35.5. The van der Waals surface area contributed by atoms with Gasteiger partial charge in [-0.05, 0) is 19.1 Å². The number of hydrogen-bond donors (Lipinski definition) is 1. The van der Waals surface area contributed by atoms with Crippen molar-refractivity contribution < 1.29 is 4.79 Å². The second-order valence-electron chi connectivity index (χ2n) is 3.21. The molecule has 0 radical (unpaired) electrons. The summed E-state index contributed by atoms with van der Waals surface area (Å²) in [6.45, 7) is 3.65. The van der Waals surface area contributed by atoms with Crippen molar-refractivity contribution in [3.05, 3.63) is 23.9 Å². The molecule has 1 atom stereocenters. The number of nitrogens with one attached hydrogen (secondary N) is 1. The molecule has 1 N–H and O–H groups in total. The Morgan fingerprint density at radius 2 is 2.36 bits per heavy atom. The van der Waals surface area contributed by atoms with E-state index in [1.54, 1.807) is 13.0 Å². The molecule has 0 aliphatic heterocycles. The molecule has 1 heterocycles. The number of hydrogen-bond acceptors (Lipinski definition) is 2. The fourth-order valence-corrected chi connectivity index (χ4v) is 1.07. The van der Waals surface area contributed by atoms with Gasteiger partial charge in [0.05, 0.1) is 0 Å². The van der Waals surface area contributed by atoms with Gasteiger partial charge in [0.2, 0.25) is 5.91 Å². The first kappa shape index (κ1) is 11.0. The van der Waals surface area contributed by atoms with Gasteiger partial charge < -0.3 is 5.32 Å². The maximum Gasteiger partial charge on any atom is 0.229 e. The largest absolute Gasteiger partial charge is 0.310 e. The summed E-state index contributed by atoms with van der Waals surface area (Å²) in [5, 5.41) is 2.70. The van der Waals surface area contributed by atoms with Gasteiger partial charge in [0.15, 0.2) is 0 Å². The lowest BCUT2D eigenvalue weighted by atomic mass is 10.2. The van der Waals surface area contributed by atoms with Crippen molar-refractivity contribution >= 4 is 23.3 Å². The van der Waals surface area contributed by atoms with E-state index in [-0.39, 0.29) is 11.8 Å². The van der Waals surface area contributed by atoms with Gasteiger partial charge in [-0.25, -0.2) is 4.98 Å². The minimum absolute atomic E-state index is 0.0990. The topological polar surface area (TPSA) is 42.0 Å². The first-order chi connectivity index (χ1) is 6.63. The quantitative estimate of drug-likeness (QED) is 0.781. The number of nitrogens with zero attached hydrogens (tertiary/aromatic N) is 1. The van der Waals surface area contributed by atoms with Crippen LogP contribution in [0.3, 0.4) is 0 Å². The number of aryl methyl sites for hydroxylation is 1. The molecular formula is C10H13ClN2O. The Bertz CT molecular complexity index is 328. The van der Waals surface area contributed by atoms with E-state index in [1.165, 1.54) is 0 Å². The standard InChI is InChI=1S/C10H13ClN2O/c1-7(6-11)10(14)13-9-5-3-4-8(2)12-9/h3-5,7H,6H2,1-2H3,(H,12,13,14). The Morgan fingerprint density at radius 3 is 2.93 bits per heavy atom. The SMILES string of the molecule is Cc1cccc(NC(=O)C(C)CCl)n1. The molecule has 14 heavy (non-hydrogen) atoms. The van der Waals surface area contributed by atoms with Crippen molar-refractivity contribution in [1.82, 2.24) is 4.98 Å². The molecule has 1 rings (SSSR count). The number of aromatic nitrogens is 1. The summed E-state index contributed by atoms with van der Waals surface area (Å²) in [7, 11) is 0. The fourth-order valence-electron chi connectivity index (χ4n) is 0.932. The molecule has 0 spiro atoms. The Labute approximate surface area is 88.5 Å². The maximum absolute atomic E-state index is 11.4. The molecule has 0 aliphatic rings. The van der Waals surface area contributed by atoms with Crippen molar-refractivity contribution in [2.75, 3.05) is 11.2 Å². The van der Waals surface area contributed by atoms with Crippen LogP contribution in [0.1, 0.15) is 12.6 Å². The second-order valence-corrected chi connectivity index (χ2v) is 3.52. The summed E-state index contributed by atoms with van der Waals surface area (Å²) in [4.78, 5) is 15.6. The molecule has 0 saturated carbocycles. The Kier molecular flexibility index (Phi) is 3.89. The predicted molar refractivity (Wildman–Crippen MR) is 57.5 cm³/mol. The summed E-state index contributed by atoms with van der Waals surface area (Å²) >= 11 is 5.56. The molecule has 76 valence electrons. The van der Waals surface area contributed by atoms with Crippen LogP contribution in [0.4, 0.5) is 5.82 Å². The van der Waals surface area contributed by atoms with Gasteiger partial charge in [0.1, 0.15) is 5.82 Å². The molecule has 3 nitrogen and oxygen atoms in total. The second kappa shape index (κ2) is 4.96. The molecular weight excluding hydrogens is 200 g/mol. The van der Waals surface area contributed by atoms with E-state index in [0.717, 1.165) is 5.69 Å². The number of carbonyl (C=O) groups excluding carboxylic acids is 1. The van der Waals surface area contributed by atoms with E-state index < -0.39 is 0 Å². The van der Waals surface area contributed by atoms with E-state index in [1.807, 2.05) is 19.1 Å². The first-order valence-electron chi connectivity index (χ1n) is 4.44. The van der Waals surface area contributed by atoms with Gasteiger partial charge in [0, 0.05) is 17.5 Å². The lowest BCUT2D eigenvalue weighted by Crippen LogP contribution is -2.22. The minimum Gasteiger partial charge on any atom is -0.310 e. The third-order valence-electron chi connectivity index (χ3n) is 1.82. The average molecular weight is 213 g/mol. The highest BCUT2D eigenvalue weighted by Crippen LogP contribution is 2.07. The van der Waals surface area contributed by atoms with E-state index in [2.05, 4.69) is 10.3 Å². The van der Waals surface area contributed by atoms with Crippen LogP contribution in [0.15, 0.2) is 18.2 Å². The summed E-state index contributed by atoms with van der Waals surface area (Å²) in [5.74, 6) is 0.599. The number of pyridine rings is 1. The van der Waals surface area contributed by atoms with Crippen LogP contribution >= 0.6 is 11.6 Å². The monoisotopic (exact) mass is 212 g/mol. The van der Waals surface area contributed by atoms with Crippen LogP contribution in [0.2, 0.25) is 0 Å². The Balaban J connectivity index is 2.65. The molecule has 1 unspecified atom stereocenters. The lowest BCUT2D eigenvalue weighted by Gasteiger charge is -2.08. The van der Waals surface area contributed by atoms with Crippen molar-refractivity contribution in [3.8, 4) is 0 Å². The summed E-state index contributed by atoms with van der Waals surface area (Å²) in [6, 6.07) is 5.48. The number of anilines is 1. The van der Waals surface area contributed by atoms with Gasteiger partial charge in [-0.3, -0.25) is 4.79 Å². The highest BCUT2D eigenvalue weighted by Gasteiger charge is 2.11. The first-order valence-corrected chi connectivity index (χ1v) is 4.97. The van der Waals surface area contributed by atoms with Crippen LogP contribution < -0.4 is 5.32 Å².